The molecule has 0 aliphatic carbocycles. The topological polar surface area (TPSA) is 0 Å². The molecule has 0 aliphatic rings. The molecule has 0 aromatic carbocycles. The average Bonchev–Trinajstić information content (AvgIpc) is 1.41. The van der Waals surface area contributed by atoms with Gasteiger partial charge in [0.15, 0.2) is 0 Å². The van der Waals surface area contributed by atoms with Gasteiger partial charge in [0.2, 0.25) is 0 Å². The fourth-order valence-electron chi connectivity index (χ4n) is 0. The normalized spacial score (nSPS) is 7.17. The Bertz CT molecular complexity index is 12.3. The van der Waals surface area contributed by atoms with Crippen LogP contribution in [0.25, 0.3) is 0 Å². The molecule has 0 atom stereocenters. The zero-order valence-electron chi connectivity index (χ0n) is 4.75. The van der Waals surface area contributed by atoms with E-state index in [0.29, 0.717) is 7.92 Å². The molecule has 0 radical (unpaired) electrons. The predicted molar refractivity (Wildman–Crippen MR) is 30.6 cm³/mol. The molecule has 0 fully saturated rings. The van der Waals surface area contributed by atoms with Crippen LogP contribution in [0.3, 0.4) is 0 Å². The molecular weight excluding hydrogens is 276 g/mol. The molecule has 44 valence electrons. The summed E-state index contributed by atoms with van der Waals surface area (Å²) >= 11 is 2.28. The second-order valence-electron chi connectivity index (χ2n) is 1.34. The third kappa shape index (κ3) is 65.7. The summed E-state index contributed by atoms with van der Waals surface area (Å²) in [4.78, 5) is 0. The van der Waals surface area contributed by atoms with Gasteiger partial charge in [-0.1, -0.05) is 0 Å². The standard InChI is InChI=1S/C3H9P.CH3.Au/c1-4(2)3;;/h1-3H3;1H3;. The fourth-order valence-corrected chi connectivity index (χ4v) is 0. The van der Waals surface area contributed by atoms with E-state index in [1.54, 1.807) is 0 Å². The molecule has 0 saturated heterocycles. The minimum absolute atomic E-state index is 0.380. The Hall–Kier alpha value is 1.17. The molecule has 0 bridgehead atoms. The molecule has 0 N–H and O–H groups in total. The summed E-state index contributed by atoms with van der Waals surface area (Å²) in [6.07, 6.45) is 0. The first kappa shape index (κ1) is 10.2. The zero-order chi connectivity index (χ0) is 5.58. The van der Waals surface area contributed by atoms with Crippen LogP contribution in [0.15, 0.2) is 0 Å². The second kappa shape index (κ2) is 9.48. The van der Waals surface area contributed by atoms with E-state index < -0.39 is 0 Å². The molecule has 0 heterocycles. The van der Waals surface area contributed by atoms with Crippen LogP contribution in [0.5, 0.6) is 0 Å². The monoisotopic (exact) mass is 288 g/mol. The predicted octanol–water partition coefficient (Wildman–Crippen LogP) is 1.94. The summed E-state index contributed by atoms with van der Waals surface area (Å²) in [5.41, 5.74) is 0. The summed E-state index contributed by atoms with van der Waals surface area (Å²) in [5, 5.41) is 1.94. The molecule has 6 heavy (non-hydrogen) atoms. The van der Waals surface area contributed by atoms with Crippen LogP contribution < -0.4 is 0 Å². The van der Waals surface area contributed by atoms with E-state index >= 15 is 0 Å². The van der Waals surface area contributed by atoms with Crippen LogP contribution >= 0.6 is 7.92 Å². The van der Waals surface area contributed by atoms with Crippen molar-refractivity contribution in [3.05, 3.63) is 0 Å². The number of rotatable bonds is 0. The van der Waals surface area contributed by atoms with Crippen LogP contribution in [0.1, 0.15) is 0 Å². The van der Waals surface area contributed by atoms with Crippen molar-refractivity contribution in [1.29, 1.82) is 0 Å². The van der Waals surface area contributed by atoms with Crippen molar-refractivity contribution in [2.45, 2.75) is 5.14 Å². The molecule has 0 nitrogen and oxygen atoms in total. The molecule has 0 unspecified atom stereocenters. The molecule has 0 saturated carbocycles. The molecule has 0 spiro atoms. The van der Waals surface area contributed by atoms with Gasteiger partial charge in [-0.2, -0.15) is 0 Å². The van der Waals surface area contributed by atoms with Gasteiger partial charge in [-0.25, -0.2) is 0 Å². The Morgan fingerprint density at radius 1 is 1.00 bits per heavy atom. The second-order valence-corrected chi connectivity index (χ2v) is 4.02. The fraction of sp³-hybridized carbons (Fsp3) is 1.00. The first-order valence-corrected chi connectivity index (χ1v) is 6.49. The molecule has 0 rings (SSSR count). The van der Waals surface area contributed by atoms with Gasteiger partial charge in [0.25, 0.3) is 0 Å². The van der Waals surface area contributed by atoms with Crippen molar-refractivity contribution in [3.63, 3.8) is 0 Å². The van der Waals surface area contributed by atoms with Gasteiger partial charge < -0.3 is 0 Å². The molecule has 0 aromatic rings. The minimum atomic E-state index is 0.380. The third-order valence-corrected chi connectivity index (χ3v) is 0. The number of hydrogen-bond acceptors (Lipinski definition) is 0. The Kier molecular flexibility index (Phi) is 16.1. The van der Waals surface area contributed by atoms with E-state index in [2.05, 4.69) is 41.1 Å². The molecule has 0 amide bonds. The van der Waals surface area contributed by atoms with E-state index in [1.807, 2.05) is 5.14 Å². The summed E-state index contributed by atoms with van der Waals surface area (Å²) in [6.45, 7) is 6.69. The maximum atomic E-state index is 2.28. The zero-order valence-corrected chi connectivity index (χ0v) is 7.81. The van der Waals surface area contributed by atoms with Gasteiger partial charge in [-0.3, -0.25) is 0 Å². The first-order valence-electron chi connectivity index (χ1n) is 1.64. The summed E-state index contributed by atoms with van der Waals surface area (Å²) in [5.74, 6) is 0. The Balaban J connectivity index is 0. The van der Waals surface area contributed by atoms with Crippen molar-refractivity contribution in [2.75, 3.05) is 20.0 Å². The van der Waals surface area contributed by atoms with Crippen LogP contribution in [0.4, 0.5) is 0 Å². The molecule has 0 aliphatic heterocycles. The third-order valence-electron chi connectivity index (χ3n) is 0. The van der Waals surface area contributed by atoms with E-state index in [9.17, 15) is 0 Å². The SMILES string of the molecule is CP(C)C.[CH3][Au]. The van der Waals surface area contributed by atoms with Gasteiger partial charge in [0.05, 0.1) is 0 Å². The maximum absolute atomic E-state index is 2.28. The average molecular weight is 288 g/mol. The van der Waals surface area contributed by atoms with Crippen molar-refractivity contribution in [1.82, 2.24) is 0 Å². The summed E-state index contributed by atoms with van der Waals surface area (Å²) < 4.78 is 0. The van der Waals surface area contributed by atoms with E-state index in [1.165, 1.54) is 0 Å². The van der Waals surface area contributed by atoms with Crippen LogP contribution in [-0.2, 0) is 21.1 Å². The number of hydrogen-bond donors (Lipinski definition) is 0. The Morgan fingerprint density at radius 2 is 1.00 bits per heavy atom. The van der Waals surface area contributed by atoms with Gasteiger partial charge in [-0.15, -0.1) is 7.92 Å². The van der Waals surface area contributed by atoms with Gasteiger partial charge >= 0.3 is 26.2 Å². The van der Waals surface area contributed by atoms with E-state index in [-0.39, 0.29) is 0 Å². The van der Waals surface area contributed by atoms with Gasteiger partial charge in [0.1, 0.15) is 0 Å². The molecular formula is C4H12AuP. The van der Waals surface area contributed by atoms with E-state index in [0.717, 1.165) is 0 Å². The van der Waals surface area contributed by atoms with Crippen molar-refractivity contribution < 1.29 is 21.1 Å². The van der Waals surface area contributed by atoms with Crippen LogP contribution in [0, 0.1) is 0 Å². The van der Waals surface area contributed by atoms with Gasteiger partial charge in [-0.05, 0) is 20.0 Å². The summed E-state index contributed by atoms with van der Waals surface area (Å²) in [6, 6.07) is 0. The Labute approximate surface area is 54.4 Å². The summed E-state index contributed by atoms with van der Waals surface area (Å²) in [7, 11) is 0.380. The van der Waals surface area contributed by atoms with Gasteiger partial charge in [0, 0.05) is 0 Å². The van der Waals surface area contributed by atoms with E-state index in [4.69, 9.17) is 0 Å². The Morgan fingerprint density at radius 3 is 1.00 bits per heavy atom. The quantitative estimate of drug-likeness (QED) is 0.472. The van der Waals surface area contributed by atoms with Crippen molar-refractivity contribution >= 4 is 7.92 Å². The molecule has 0 aromatic heterocycles. The molecule has 2 heteroatoms. The van der Waals surface area contributed by atoms with Crippen LogP contribution in [0.2, 0.25) is 5.14 Å². The van der Waals surface area contributed by atoms with Crippen LogP contribution in [-0.4, -0.2) is 20.0 Å². The van der Waals surface area contributed by atoms with Crippen molar-refractivity contribution in [2.24, 2.45) is 0 Å². The first-order chi connectivity index (χ1) is 2.73. The van der Waals surface area contributed by atoms with Crippen molar-refractivity contribution in [3.8, 4) is 0 Å².